The molecule has 1 saturated heterocycles. The Kier molecular flexibility index (Phi) is 4.93. The second-order valence-corrected chi connectivity index (χ2v) is 9.19. The molecule has 0 bridgehead atoms. The van der Waals surface area contributed by atoms with Crippen LogP contribution in [-0.4, -0.2) is 51.2 Å². The third-order valence-electron chi connectivity index (χ3n) is 6.81. The monoisotopic (exact) mass is 502 g/mol. The number of aromatic nitrogens is 3. The molecule has 2 aliphatic heterocycles. The number of pyridine rings is 1. The first-order valence-corrected chi connectivity index (χ1v) is 11.5. The topological polar surface area (TPSA) is 152 Å². The van der Waals surface area contributed by atoms with Crippen LogP contribution in [0.2, 0.25) is 0 Å². The van der Waals surface area contributed by atoms with Gasteiger partial charge in [0.25, 0.3) is 17.4 Å². The molecule has 37 heavy (non-hydrogen) atoms. The van der Waals surface area contributed by atoms with Gasteiger partial charge in [-0.15, -0.1) is 0 Å². The number of fused-ring (bicyclic) bond motifs is 2. The van der Waals surface area contributed by atoms with E-state index in [-0.39, 0.29) is 36.0 Å². The second-order valence-electron chi connectivity index (χ2n) is 9.19. The predicted molar refractivity (Wildman–Crippen MR) is 129 cm³/mol. The number of hydrogen-bond acceptors (Lipinski definition) is 7. The van der Waals surface area contributed by atoms with Gasteiger partial charge in [0.15, 0.2) is 5.54 Å². The van der Waals surface area contributed by atoms with Gasteiger partial charge in [-0.05, 0) is 35.4 Å². The van der Waals surface area contributed by atoms with Crippen molar-refractivity contribution in [3.05, 3.63) is 81.1 Å². The molecule has 4 aromatic rings. The van der Waals surface area contributed by atoms with E-state index in [0.29, 0.717) is 23.1 Å². The van der Waals surface area contributed by atoms with Crippen molar-refractivity contribution in [2.75, 3.05) is 13.7 Å². The van der Waals surface area contributed by atoms with Crippen molar-refractivity contribution in [2.24, 2.45) is 7.05 Å². The number of aromatic amines is 1. The standard InChI is InChI=1S/C25H22N6O6/c1-30-16(8-20(32)29-30)6-13-5-15-7-19(37-21(15)26-10-13)25(23(34)27-24(35)28-25)12-31-11-14-3-4-17(36-2)9-18(14)22(31)33/h3-5,7-10H,6,11-12H2,1-2H3,(H,29,32)(H2,27,28,34,35)/t25-/m0/s1. The minimum atomic E-state index is -1.63. The second kappa shape index (κ2) is 8.08. The fraction of sp³-hybridized carbons (Fsp3) is 0.240. The lowest BCUT2D eigenvalue weighted by Crippen LogP contribution is -2.52. The zero-order chi connectivity index (χ0) is 25.9. The molecule has 1 fully saturated rings. The normalized spacial score (nSPS) is 18.9. The largest absolute Gasteiger partial charge is 0.497 e. The van der Waals surface area contributed by atoms with Gasteiger partial charge in [-0.2, -0.15) is 0 Å². The van der Waals surface area contributed by atoms with Crippen molar-refractivity contribution in [3.63, 3.8) is 0 Å². The van der Waals surface area contributed by atoms with E-state index in [2.05, 4.69) is 20.7 Å². The molecule has 0 radical (unpaired) electrons. The molecule has 12 heteroatoms. The minimum Gasteiger partial charge on any atom is -0.497 e. The van der Waals surface area contributed by atoms with Gasteiger partial charge in [0, 0.05) is 48.9 Å². The summed E-state index contributed by atoms with van der Waals surface area (Å²) in [5.41, 5.74) is 1.31. The highest BCUT2D eigenvalue weighted by molar-refractivity contribution is 6.08. The van der Waals surface area contributed by atoms with E-state index in [0.717, 1.165) is 16.8 Å². The average molecular weight is 502 g/mol. The molecule has 1 atom stereocenters. The summed E-state index contributed by atoms with van der Waals surface area (Å²) in [6.45, 7) is 0.125. The number of carbonyl (C=O) groups excluding carboxylic acids is 3. The fourth-order valence-corrected chi connectivity index (χ4v) is 4.92. The van der Waals surface area contributed by atoms with E-state index >= 15 is 0 Å². The predicted octanol–water partition coefficient (Wildman–Crippen LogP) is 1.14. The molecule has 3 aromatic heterocycles. The molecule has 1 aromatic carbocycles. The Morgan fingerprint density at radius 1 is 1.14 bits per heavy atom. The third-order valence-corrected chi connectivity index (χ3v) is 6.81. The summed E-state index contributed by atoms with van der Waals surface area (Å²) >= 11 is 0. The number of methoxy groups -OCH3 is 1. The van der Waals surface area contributed by atoms with E-state index in [1.54, 1.807) is 42.2 Å². The number of imide groups is 1. The highest BCUT2D eigenvalue weighted by atomic mass is 16.5. The number of nitrogens with one attached hydrogen (secondary N) is 3. The minimum absolute atomic E-state index is 0.140. The van der Waals surface area contributed by atoms with Crippen molar-refractivity contribution in [2.45, 2.75) is 18.5 Å². The summed E-state index contributed by atoms with van der Waals surface area (Å²) in [5, 5.41) is 8.22. The van der Waals surface area contributed by atoms with Crippen LogP contribution in [-0.2, 0) is 30.3 Å². The van der Waals surface area contributed by atoms with Crippen molar-refractivity contribution >= 4 is 28.9 Å². The highest BCUT2D eigenvalue weighted by Gasteiger charge is 2.53. The van der Waals surface area contributed by atoms with Crippen LogP contribution in [0.4, 0.5) is 4.79 Å². The molecule has 0 unspecified atom stereocenters. The van der Waals surface area contributed by atoms with Crippen molar-refractivity contribution in [3.8, 4) is 5.75 Å². The Morgan fingerprint density at radius 3 is 2.68 bits per heavy atom. The first-order valence-electron chi connectivity index (χ1n) is 11.5. The Hall–Kier alpha value is -4.87. The lowest BCUT2D eigenvalue weighted by Gasteiger charge is -2.28. The number of ether oxygens (including phenoxy) is 1. The molecule has 0 spiro atoms. The summed E-state index contributed by atoms with van der Waals surface area (Å²) in [6.07, 6.45) is 2.08. The number of rotatable bonds is 6. The molecule has 12 nitrogen and oxygen atoms in total. The van der Waals surface area contributed by atoms with Crippen LogP contribution in [0, 0.1) is 0 Å². The van der Waals surface area contributed by atoms with Gasteiger partial charge in [-0.25, -0.2) is 9.78 Å². The van der Waals surface area contributed by atoms with Crippen LogP contribution < -0.4 is 20.9 Å². The Labute approximate surface area is 209 Å². The molecule has 0 aliphatic carbocycles. The number of H-pyrrole nitrogens is 1. The highest BCUT2D eigenvalue weighted by Crippen LogP contribution is 2.34. The summed E-state index contributed by atoms with van der Waals surface area (Å²) in [6, 6.07) is 9.55. The quantitative estimate of drug-likeness (QED) is 0.335. The number of nitrogens with zero attached hydrogens (tertiary/aromatic N) is 3. The molecular weight excluding hydrogens is 480 g/mol. The van der Waals surface area contributed by atoms with Gasteiger partial charge >= 0.3 is 6.03 Å². The first kappa shape index (κ1) is 22.6. The maximum absolute atomic E-state index is 13.2. The zero-order valence-corrected chi connectivity index (χ0v) is 20.0. The van der Waals surface area contributed by atoms with Crippen molar-refractivity contribution in [1.82, 2.24) is 30.3 Å². The number of hydrogen-bond donors (Lipinski definition) is 3. The average Bonchev–Trinajstić information content (AvgIpc) is 3.59. The van der Waals surface area contributed by atoms with E-state index in [4.69, 9.17) is 9.15 Å². The fourth-order valence-electron chi connectivity index (χ4n) is 4.92. The number of aryl methyl sites for hydroxylation is 1. The summed E-state index contributed by atoms with van der Waals surface area (Å²) in [7, 11) is 3.27. The third kappa shape index (κ3) is 3.64. The Morgan fingerprint density at radius 2 is 1.97 bits per heavy atom. The van der Waals surface area contributed by atoms with Gasteiger partial charge < -0.3 is 19.4 Å². The number of urea groups is 1. The van der Waals surface area contributed by atoms with E-state index < -0.39 is 17.5 Å². The molecule has 6 rings (SSSR count). The summed E-state index contributed by atoms with van der Waals surface area (Å²) < 4.78 is 12.8. The maximum Gasteiger partial charge on any atom is 0.322 e. The lowest BCUT2D eigenvalue weighted by atomic mass is 9.95. The summed E-state index contributed by atoms with van der Waals surface area (Å²) in [4.78, 5) is 56.1. The van der Waals surface area contributed by atoms with Crippen LogP contribution in [0.3, 0.4) is 0 Å². The number of amides is 4. The van der Waals surface area contributed by atoms with Crippen LogP contribution in [0.15, 0.2) is 51.8 Å². The SMILES string of the molecule is COc1ccc2c(c1)C(=O)N(C[C@@]1(c3cc4cc(Cc5cc(=O)[nH]n5C)cnc4o3)NC(=O)NC1=O)C2. The molecular formula is C25H22N6O6. The van der Waals surface area contributed by atoms with Crippen LogP contribution >= 0.6 is 0 Å². The van der Waals surface area contributed by atoms with E-state index in [9.17, 15) is 19.2 Å². The van der Waals surface area contributed by atoms with Crippen LogP contribution in [0.5, 0.6) is 5.75 Å². The molecule has 2 aliphatic rings. The first-order chi connectivity index (χ1) is 17.8. The molecule has 0 saturated carbocycles. The number of carbonyl (C=O) groups is 3. The van der Waals surface area contributed by atoms with Gasteiger partial charge in [0.2, 0.25) is 5.71 Å². The van der Waals surface area contributed by atoms with Crippen molar-refractivity contribution in [1.29, 1.82) is 0 Å². The van der Waals surface area contributed by atoms with Crippen LogP contribution in [0.1, 0.15) is 32.9 Å². The smallest absolute Gasteiger partial charge is 0.322 e. The number of benzene rings is 1. The van der Waals surface area contributed by atoms with Gasteiger partial charge in [0.05, 0.1) is 13.7 Å². The summed E-state index contributed by atoms with van der Waals surface area (Å²) in [5.74, 6) is -0.198. The molecule has 4 amide bonds. The number of furan rings is 1. The van der Waals surface area contributed by atoms with Gasteiger partial charge in [-0.3, -0.25) is 29.5 Å². The van der Waals surface area contributed by atoms with Gasteiger partial charge in [-0.1, -0.05) is 6.07 Å². The Bertz CT molecular complexity index is 1670. The van der Waals surface area contributed by atoms with Crippen LogP contribution in [0.25, 0.3) is 11.1 Å². The maximum atomic E-state index is 13.2. The van der Waals surface area contributed by atoms with E-state index in [1.165, 1.54) is 18.1 Å². The van der Waals surface area contributed by atoms with E-state index in [1.807, 2.05) is 6.07 Å². The Balaban J connectivity index is 1.35. The van der Waals surface area contributed by atoms with Crippen molar-refractivity contribution < 1.29 is 23.5 Å². The molecule has 188 valence electrons. The molecule has 3 N–H and O–H groups in total. The van der Waals surface area contributed by atoms with Gasteiger partial charge in [0.1, 0.15) is 11.5 Å². The zero-order valence-electron chi connectivity index (χ0n) is 20.0. The lowest BCUT2D eigenvalue weighted by molar-refractivity contribution is -0.125. The molecule has 5 heterocycles.